The van der Waals surface area contributed by atoms with Crippen LogP contribution < -0.4 is 0 Å². The van der Waals surface area contributed by atoms with E-state index in [2.05, 4.69) is 10.1 Å². The molecule has 4 rings (SSSR count). The number of rotatable bonds is 4. The highest BCUT2D eigenvalue weighted by Gasteiger charge is 2.60. The number of benzene rings is 2. The van der Waals surface area contributed by atoms with E-state index in [1.54, 1.807) is 16.8 Å². The zero-order chi connectivity index (χ0) is 17.6. The molecule has 0 saturated carbocycles. The third kappa shape index (κ3) is 3.00. The molecule has 0 radical (unpaired) electrons. The number of hydrogen-bond donors (Lipinski definition) is 0. The third-order valence-electron chi connectivity index (χ3n) is 4.23. The van der Waals surface area contributed by atoms with Crippen LogP contribution >= 0.6 is 34.8 Å². The van der Waals surface area contributed by atoms with Gasteiger partial charge in [-0.1, -0.05) is 59.1 Å². The summed E-state index contributed by atoms with van der Waals surface area (Å²) < 4.78 is 7.79. The summed E-state index contributed by atoms with van der Waals surface area (Å²) >= 11 is 24.0. The maximum atomic E-state index is 6.44. The van der Waals surface area contributed by atoms with Gasteiger partial charge in [-0.25, -0.2) is 4.98 Å². The topological polar surface area (TPSA) is 43.2 Å². The summed E-state index contributed by atoms with van der Waals surface area (Å²) in [7, 11) is 0. The van der Waals surface area contributed by atoms with Crippen LogP contribution in [0.15, 0.2) is 53.9 Å². The molecule has 2 aromatic carbocycles. The van der Waals surface area contributed by atoms with Crippen LogP contribution in [-0.4, -0.2) is 14.8 Å². The maximum absolute atomic E-state index is 6.44. The van der Waals surface area contributed by atoms with E-state index in [9.17, 15) is 0 Å². The molecular weight excluding hydrogens is 401 g/mol. The van der Waals surface area contributed by atoms with Crippen molar-refractivity contribution in [1.29, 1.82) is 0 Å². The Balaban J connectivity index is 1.79. The van der Waals surface area contributed by atoms with Crippen molar-refractivity contribution in [3.63, 3.8) is 0 Å². The minimum absolute atomic E-state index is 0.282. The average Bonchev–Trinajstić information content (AvgIpc) is 3.14. The highest BCUT2D eigenvalue weighted by atomic mass is 35.5. The van der Waals surface area contributed by atoms with Crippen molar-refractivity contribution in [3.05, 3.63) is 75.0 Å². The summed E-state index contributed by atoms with van der Waals surface area (Å²) in [6.45, 7) is 0.388. The lowest BCUT2D eigenvalue weighted by Crippen LogP contribution is -2.21. The van der Waals surface area contributed by atoms with Crippen LogP contribution in [0.25, 0.3) is 0 Å². The SMILES string of the molecule is [S-]c1ncnn1C[C@]1(c2ccccc2Cl)O[C@@H]1c1ccc(Cl)cc1Cl. The summed E-state index contributed by atoms with van der Waals surface area (Å²) in [6, 6.07) is 12.9. The van der Waals surface area contributed by atoms with Crippen LogP contribution in [0.3, 0.4) is 0 Å². The second-order valence-corrected chi connectivity index (χ2v) is 7.35. The van der Waals surface area contributed by atoms with E-state index in [1.165, 1.54) is 6.33 Å². The Bertz CT molecular complexity index is 948. The van der Waals surface area contributed by atoms with Gasteiger partial charge in [-0.2, -0.15) is 5.10 Å². The molecule has 1 aliphatic rings. The Hall–Kier alpha value is -1.37. The molecule has 1 aromatic heterocycles. The van der Waals surface area contributed by atoms with Crippen molar-refractivity contribution in [1.82, 2.24) is 14.8 Å². The van der Waals surface area contributed by atoms with Crippen molar-refractivity contribution >= 4 is 47.4 Å². The van der Waals surface area contributed by atoms with Gasteiger partial charge in [0.05, 0.1) is 6.54 Å². The lowest BCUT2D eigenvalue weighted by molar-refractivity contribution is 0.256. The molecule has 0 N–H and O–H groups in total. The van der Waals surface area contributed by atoms with Crippen LogP contribution in [0.2, 0.25) is 15.1 Å². The zero-order valence-electron chi connectivity index (χ0n) is 12.7. The second-order valence-electron chi connectivity index (χ2n) is 5.73. The first-order valence-electron chi connectivity index (χ1n) is 7.44. The van der Waals surface area contributed by atoms with Crippen LogP contribution in [-0.2, 0) is 29.5 Å². The van der Waals surface area contributed by atoms with Crippen LogP contribution in [0, 0.1) is 0 Å². The van der Waals surface area contributed by atoms with Crippen molar-refractivity contribution in [2.24, 2.45) is 0 Å². The first kappa shape index (κ1) is 17.1. The van der Waals surface area contributed by atoms with Gasteiger partial charge in [0.25, 0.3) is 0 Å². The van der Waals surface area contributed by atoms with Crippen molar-refractivity contribution in [2.45, 2.75) is 23.4 Å². The Labute approximate surface area is 165 Å². The zero-order valence-corrected chi connectivity index (χ0v) is 15.8. The van der Waals surface area contributed by atoms with Crippen LogP contribution in [0.4, 0.5) is 0 Å². The molecule has 0 bridgehead atoms. The predicted molar refractivity (Wildman–Crippen MR) is 99.1 cm³/mol. The average molecular weight is 412 g/mol. The van der Waals surface area contributed by atoms with Gasteiger partial charge in [0, 0.05) is 31.4 Å². The monoisotopic (exact) mass is 410 g/mol. The Morgan fingerprint density at radius 3 is 2.60 bits per heavy atom. The van der Waals surface area contributed by atoms with E-state index in [4.69, 9.17) is 52.2 Å². The fraction of sp³-hybridized carbons (Fsp3) is 0.176. The predicted octanol–water partition coefficient (Wildman–Crippen LogP) is 4.81. The molecule has 1 saturated heterocycles. The molecule has 4 nitrogen and oxygen atoms in total. The molecule has 0 amide bonds. The molecule has 0 aliphatic carbocycles. The van der Waals surface area contributed by atoms with E-state index in [0.717, 1.165) is 11.1 Å². The largest absolute Gasteiger partial charge is 0.740 e. The molecule has 1 fully saturated rings. The highest BCUT2D eigenvalue weighted by Crippen LogP contribution is 2.60. The summed E-state index contributed by atoms with van der Waals surface area (Å²) in [5, 5.41) is 6.30. The summed E-state index contributed by atoms with van der Waals surface area (Å²) in [5.74, 6) is 0. The third-order valence-corrected chi connectivity index (χ3v) is 5.44. The van der Waals surface area contributed by atoms with Gasteiger partial charge in [-0.15, -0.1) is 0 Å². The van der Waals surface area contributed by atoms with Crippen molar-refractivity contribution in [2.75, 3.05) is 0 Å². The molecule has 2 atom stereocenters. The quantitative estimate of drug-likeness (QED) is 0.456. The number of nitrogens with zero attached hydrogens (tertiary/aromatic N) is 3. The highest BCUT2D eigenvalue weighted by molar-refractivity contribution is 7.58. The van der Waals surface area contributed by atoms with Crippen LogP contribution in [0.5, 0.6) is 0 Å². The van der Waals surface area contributed by atoms with Gasteiger partial charge in [-0.3, -0.25) is 4.68 Å². The molecule has 1 aliphatic heterocycles. The van der Waals surface area contributed by atoms with E-state index in [0.29, 0.717) is 26.8 Å². The molecule has 0 unspecified atom stereocenters. The molecule has 25 heavy (non-hydrogen) atoms. The minimum atomic E-state index is -0.711. The van der Waals surface area contributed by atoms with E-state index in [-0.39, 0.29) is 6.10 Å². The lowest BCUT2D eigenvalue weighted by Gasteiger charge is -2.18. The molecule has 3 aromatic rings. The second kappa shape index (κ2) is 6.41. The number of hydrogen-bond acceptors (Lipinski definition) is 4. The minimum Gasteiger partial charge on any atom is -0.740 e. The standard InChI is InChI=1S/C17H12Cl3N3OS/c18-10-5-6-11(14(20)7-10)15-17(24-15,8-23-16(25)21-9-22-23)12-3-1-2-4-13(12)19/h1-7,9,15H,8H2,(H,21,22,25)/p-1/t15-,17-/m1/s1. The smallest absolute Gasteiger partial charge is 0.145 e. The van der Waals surface area contributed by atoms with Gasteiger partial charge in [0.1, 0.15) is 18.0 Å². The van der Waals surface area contributed by atoms with Gasteiger partial charge in [0.15, 0.2) is 0 Å². The number of aromatic nitrogens is 3. The summed E-state index contributed by atoms with van der Waals surface area (Å²) in [4.78, 5) is 4.01. The normalized spacial score (nSPS) is 22.1. The van der Waals surface area contributed by atoms with E-state index in [1.807, 2.05) is 30.3 Å². The molecule has 128 valence electrons. The number of halogens is 3. The maximum Gasteiger partial charge on any atom is 0.145 e. The van der Waals surface area contributed by atoms with E-state index >= 15 is 0 Å². The molecule has 8 heteroatoms. The van der Waals surface area contributed by atoms with Crippen molar-refractivity contribution in [3.8, 4) is 0 Å². The Morgan fingerprint density at radius 2 is 1.92 bits per heavy atom. The molecular formula is C17H11Cl3N3OS-. The van der Waals surface area contributed by atoms with Gasteiger partial charge < -0.3 is 17.4 Å². The Morgan fingerprint density at radius 1 is 1.12 bits per heavy atom. The van der Waals surface area contributed by atoms with Crippen LogP contribution in [0.1, 0.15) is 17.2 Å². The van der Waals surface area contributed by atoms with Gasteiger partial charge >= 0.3 is 0 Å². The fourth-order valence-corrected chi connectivity index (χ4v) is 3.97. The van der Waals surface area contributed by atoms with E-state index < -0.39 is 5.60 Å². The molecule has 0 spiro atoms. The number of epoxide rings is 1. The first-order valence-corrected chi connectivity index (χ1v) is 8.98. The lowest BCUT2D eigenvalue weighted by atomic mass is 9.91. The van der Waals surface area contributed by atoms with Gasteiger partial charge in [0.2, 0.25) is 0 Å². The number of ether oxygens (including phenoxy) is 1. The fourth-order valence-electron chi connectivity index (χ4n) is 3.00. The summed E-state index contributed by atoms with van der Waals surface area (Å²) in [5.41, 5.74) is 0.992. The summed E-state index contributed by atoms with van der Waals surface area (Å²) in [6.07, 6.45) is 1.14. The Kier molecular flexibility index (Phi) is 4.38. The van der Waals surface area contributed by atoms with Crippen molar-refractivity contribution < 1.29 is 4.74 Å². The first-order chi connectivity index (χ1) is 12.0. The molecule has 2 heterocycles. The van der Waals surface area contributed by atoms with Gasteiger partial charge in [-0.05, 0) is 18.2 Å².